The molecule has 2 N–H and O–H groups in total. The highest BCUT2D eigenvalue weighted by Crippen LogP contribution is 2.45. The van der Waals surface area contributed by atoms with E-state index in [-0.39, 0.29) is 30.3 Å². The number of hydrogen-bond acceptors (Lipinski definition) is 5. The van der Waals surface area contributed by atoms with E-state index in [1.165, 1.54) is 4.90 Å². The minimum Gasteiger partial charge on any atom is -0.389 e. The molecule has 160 valence electrons. The van der Waals surface area contributed by atoms with Gasteiger partial charge in [0.2, 0.25) is 0 Å². The first-order valence-electron chi connectivity index (χ1n) is 8.99. The number of amides is 2. The fourth-order valence-corrected chi connectivity index (χ4v) is 4.74. The number of ether oxygens (including phenoxy) is 1. The Hall–Kier alpha value is -2.50. The third-order valence-corrected chi connectivity index (χ3v) is 6.12. The normalized spacial score (nSPS) is 18.9. The number of nitrogens with one attached hydrogen (secondary N) is 1. The van der Waals surface area contributed by atoms with Crippen molar-refractivity contribution < 1.29 is 37.0 Å². The molecule has 0 radical (unpaired) electrons. The zero-order valence-electron chi connectivity index (χ0n) is 15.5. The Kier molecular flexibility index (Phi) is 5.07. The number of nitrogens with zero attached hydrogens (tertiary/aromatic N) is 1. The van der Waals surface area contributed by atoms with Gasteiger partial charge < -0.3 is 20.1 Å². The number of carbonyl (C=O) groups is 2. The van der Waals surface area contributed by atoms with Crippen LogP contribution in [0.2, 0.25) is 0 Å². The van der Waals surface area contributed by atoms with Crippen LogP contribution in [0.25, 0.3) is 0 Å². The molecule has 1 saturated heterocycles. The van der Waals surface area contributed by atoms with Crippen LogP contribution in [0.3, 0.4) is 0 Å². The molecule has 0 saturated carbocycles. The van der Waals surface area contributed by atoms with Gasteiger partial charge in [-0.2, -0.15) is 13.2 Å². The van der Waals surface area contributed by atoms with Crippen molar-refractivity contribution in [1.82, 2.24) is 4.90 Å². The lowest BCUT2D eigenvalue weighted by Crippen LogP contribution is -2.53. The van der Waals surface area contributed by atoms with E-state index in [1.807, 2.05) is 0 Å². The van der Waals surface area contributed by atoms with Crippen LogP contribution < -0.4 is 5.32 Å². The number of β-amino-alcohol motifs (C(OH)–C–C–N with tert-alkyl or cyclic N) is 1. The molecular weight excluding hydrogens is 428 g/mol. The van der Waals surface area contributed by atoms with E-state index in [0.717, 1.165) is 23.5 Å². The second-order valence-corrected chi connectivity index (χ2v) is 8.18. The van der Waals surface area contributed by atoms with Gasteiger partial charge in [0.05, 0.1) is 35.5 Å². The van der Waals surface area contributed by atoms with Gasteiger partial charge in [0.15, 0.2) is 0 Å². The predicted octanol–water partition coefficient (Wildman–Crippen LogP) is 3.57. The average molecular weight is 444 g/mol. The van der Waals surface area contributed by atoms with Crippen LogP contribution >= 0.6 is 11.3 Å². The maximum absolute atomic E-state index is 14.2. The van der Waals surface area contributed by atoms with Gasteiger partial charge in [0.1, 0.15) is 10.8 Å². The van der Waals surface area contributed by atoms with Gasteiger partial charge in [-0.3, -0.25) is 9.59 Å². The molecule has 0 spiro atoms. The highest BCUT2D eigenvalue weighted by atomic mass is 32.1. The molecule has 3 heterocycles. The molecule has 2 amide bonds. The summed E-state index contributed by atoms with van der Waals surface area (Å²) in [5, 5.41) is 11.8. The lowest BCUT2D eigenvalue weighted by molar-refractivity contribution is -0.138. The number of halogens is 4. The number of hydrogen-bond donors (Lipinski definition) is 2. The Balaban J connectivity index is 1.72. The standard InChI is InChI=1S/C19H16F4N2O4S/c1-8-13-12(7-29-8)30-17(15(13)18(28)25-5-9(26)6-25)24-16(27)14-10(19(21,22)23)3-2-4-11(14)20/h2-4,8-9,26H,5-7H2,1H3,(H,24,27). The van der Waals surface area contributed by atoms with Crippen molar-refractivity contribution in [3.63, 3.8) is 0 Å². The van der Waals surface area contributed by atoms with Crippen molar-refractivity contribution >= 4 is 28.2 Å². The Morgan fingerprint density at radius 3 is 2.60 bits per heavy atom. The van der Waals surface area contributed by atoms with E-state index < -0.39 is 47.1 Å². The molecule has 6 nitrogen and oxygen atoms in total. The van der Waals surface area contributed by atoms with Crippen LogP contribution in [-0.2, 0) is 17.5 Å². The second-order valence-electron chi connectivity index (χ2n) is 7.07. The topological polar surface area (TPSA) is 78.9 Å². The first kappa shape index (κ1) is 20.8. The number of aliphatic hydroxyl groups is 1. The number of likely N-dealkylation sites (tertiary alicyclic amines) is 1. The number of thiophene rings is 1. The Bertz CT molecular complexity index is 1030. The number of rotatable bonds is 3. The van der Waals surface area contributed by atoms with Crippen LogP contribution in [0.1, 0.15) is 49.7 Å². The molecule has 1 aromatic heterocycles. The van der Waals surface area contributed by atoms with Crippen LogP contribution in [-0.4, -0.2) is 41.0 Å². The first-order valence-corrected chi connectivity index (χ1v) is 9.81. The number of aliphatic hydroxyl groups excluding tert-OH is 1. The van der Waals surface area contributed by atoms with Gasteiger partial charge in [0.25, 0.3) is 11.8 Å². The number of benzene rings is 1. The monoisotopic (exact) mass is 444 g/mol. The van der Waals surface area contributed by atoms with E-state index in [2.05, 4.69) is 5.32 Å². The quantitative estimate of drug-likeness (QED) is 0.710. The summed E-state index contributed by atoms with van der Waals surface area (Å²) >= 11 is 1.01. The molecule has 2 aromatic rings. The minimum atomic E-state index is -4.93. The molecule has 2 aliphatic heterocycles. The fraction of sp³-hybridized carbons (Fsp3) is 0.368. The predicted molar refractivity (Wildman–Crippen MR) is 98.8 cm³/mol. The summed E-state index contributed by atoms with van der Waals surface area (Å²) in [4.78, 5) is 27.6. The lowest BCUT2D eigenvalue weighted by atomic mass is 10.0. The maximum Gasteiger partial charge on any atom is 0.417 e. The summed E-state index contributed by atoms with van der Waals surface area (Å²) in [6.45, 7) is 2.12. The van der Waals surface area contributed by atoms with E-state index in [0.29, 0.717) is 16.5 Å². The van der Waals surface area contributed by atoms with Crippen LogP contribution in [0, 0.1) is 5.82 Å². The molecule has 1 fully saturated rings. The van der Waals surface area contributed by atoms with Crippen molar-refractivity contribution in [3.8, 4) is 0 Å². The second kappa shape index (κ2) is 7.33. The van der Waals surface area contributed by atoms with Gasteiger partial charge in [-0.25, -0.2) is 4.39 Å². The number of fused-ring (bicyclic) bond motifs is 1. The molecule has 1 atom stereocenters. The smallest absolute Gasteiger partial charge is 0.389 e. The summed E-state index contributed by atoms with van der Waals surface area (Å²) < 4.78 is 59.5. The van der Waals surface area contributed by atoms with Gasteiger partial charge in [-0.15, -0.1) is 11.3 Å². The van der Waals surface area contributed by atoms with Crippen molar-refractivity contribution in [2.24, 2.45) is 0 Å². The molecule has 1 aromatic carbocycles. The Morgan fingerprint density at radius 2 is 1.97 bits per heavy atom. The molecule has 0 aliphatic carbocycles. The molecule has 0 bridgehead atoms. The van der Waals surface area contributed by atoms with Crippen LogP contribution in [0.5, 0.6) is 0 Å². The van der Waals surface area contributed by atoms with Crippen molar-refractivity contribution in [2.75, 3.05) is 18.4 Å². The van der Waals surface area contributed by atoms with E-state index in [1.54, 1.807) is 6.92 Å². The van der Waals surface area contributed by atoms with Crippen molar-refractivity contribution in [2.45, 2.75) is 31.9 Å². The van der Waals surface area contributed by atoms with E-state index in [9.17, 15) is 32.3 Å². The maximum atomic E-state index is 14.2. The van der Waals surface area contributed by atoms with E-state index in [4.69, 9.17) is 4.74 Å². The highest BCUT2D eigenvalue weighted by Gasteiger charge is 2.40. The lowest BCUT2D eigenvalue weighted by Gasteiger charge is -2.36. The fourth-order valence-electron chi connectivity index (χ4n) is 3.55. The Labute approximate surface area is 172 Å². The molecule has 4 rings (SSSR count). The van der Waals surface area contributed by atoms with Gasteiger partial charge in [-0.1, -0.05) is 6.07 Å². The zero-order valence-corrected chi connectivity index (χ0v) is 16.4. The highest BCUT2D eigenvalue weighted by molar-refractivity contribution is 7.17. The van der Waals surface area contributed by atoms with Gasteiger partial charge >= 0.3 is 6.18 Å². The summed E-state index contributed by atoms with van der Waals surface area (Å²) in [5.41, 5.74) is -1.89. The van der Waals surface area contributed by atoms with Crippen molar-refractivity contribution in [3.05, 3.63) is 51.1 Å². The minimum absolute atomic E-state index is 0.0305. The van der Waals surface area contributed by atoms with Gasteiger partial charge in [-0.05, 0) is 19.1 Å². The molecular formula is C19H16F4N2O4S. The van der Waals surface area contributed by atoms with E-state index >= 15 is 0 Å². The zero-order chi connectivity index (χ0) is 21.8. The van der Waals surface area contributed by atoms with Crippen LogP contribution in [0.15, 0.2) is 18.2 Å². The molecule has 11 heteroatoms. The Morgan fingerprint density at radius 1 is 1.27 bits per heavy atom. The van der Waals surface area contributed by atoms with Crippen LogP contribution in [0.4, 0.5) is 22.6 Å². The average Bonchev–Trinajstić information content (AvgIpc) is 3.16. The third-order valence-electron chi connectivity index (χ3n) is 5.03. The number of anilines is 1. The molecule has 1 unspecified atom stereocenters. The summed E-state index contributed by atoms with van der Waals surface area (Å²) in [7, 11) is 0. The number of carbonyl (C=O) groups excluding carboxylic acids is 2. The van der Waals surface area contributed by atoms with Crippen molar-refractivity contribution in [1.29, 1.82) is 0 Å². The largest absolute Gasteiger partial charge is 0.417 e. The molecule has 30 heavy (non-hydrogen) atoms. The molecule has 2 aliphatic rings. The number of alkyl halides is 3. The SMILES string of the molecule is CC1OCc2sc(NC(=O)c3c(F)cccc3C(F)(F)F)c(C(=O)N3CC(O)C3)c21. The summed E-state index contributed by atoms with van der Waals surface area (Å²) in [5.74, 6) is -3.09. The first-order chi connectivity index (χ1) is 14.1. The summed E-state index contributed by atoms with van der Waals surface area (Å²) in [6.07, 6.45) is -6.04. The van der Waals surface area contributed by atoms with Gasteiger partial charge in [0, 0.05) is 23.5 Å². The third kappa shape index (κ3) is 3.46. The summed E-state index contributed by atoms with van der Waals surface area (Å²) in [6, 6.07) is 2.26.